The topological polar surface area (TPSA) is 57.6 Å². The lowest BCUT2D eigenvalue weighted by Gasteiger charge is -2.21. The maximum atomic E-state index is 12.8. The van der Waals surface area contributed by atoms with Crippen LogP contribution in [-0.4, -0.2) is 34.5 Å². The highest BCUT2D eigenvalue weighted by atomic mass is 19.1. The normalized spacial score (nSPS) is 14.3. The quantitative estimate of drug-likeness (QED) is 0.869. The number of halogens is 1. The highest BCUT2D eigenvalue weighted by molar-refractivity contribution is 5.94. The zero-order valence-electron chi connectivity index (χ0n) is 9.80. The maximum absolute atomic E-state index is 12.8. The molecule has 1 fully saturated rings. The number of carboxylic acids is 1. The summed E-state index contributed by atoms with van der Waals surface area (Å²) in [7, 11) is 0. The molecule has 1 saturated carbocycles. The van der Waals surface area contributed by atoms with Crippen LogP contribution in [0.4, 0.5) is 4.39 Å². The number of rotatable bonds is 5. The summed E-state index contributed by atoms with van der Waals surface area (Å²) in [5.74, 6) is -1.54. The highest BCUT2D eigenvalue weighted by Crippen LogP contribution is 2.28. The molecule has 0 aromatic heterocycles. The average Bonchev–Trinajstić information content (AvgIpc) is 3.14. The van der Waals surface area contributed by atoms with E-state index >= 15 is 0 Å². The van der Waals surface area contributed by atoms with Gasteiger partial charge in [-0.15, -0.1) is 0 Å². The largest absolute Gasteiger partial charge is 0.481 e. The van der Waals surface area contributed by atoms with E-state index in [1.165, 1.54) is 24.3 Å². The van der Waals surface area contributed by atoms with E-state index in [-0.39, 0.29) is 24.9 Å². The number of amides is 1. The molecule has 18 heavy (non-hydrogen) atoms. The van der Waals surface area contributed by atoms with Crippen molar-refractivity contribution in [2.45, 2.75) is 25.3 Å². The molecule has 0 atom stereocenters. The summed E-state index contributed by atoms with van der Waals surface area (Å²) in [6.45, 7) is 0.205. The lowest BCUT2D eigenvalue weighted by molar-refractivity contribution is -0.137. The Hall–Kier alpha value is -1.91. The van der Waals surface area contributed by atoms with Gasteiger partial charge in [-0.25, -0.2) is 4.39 Å². The van der Waals surface area contributed by atoms with Gasteiger partial charge >= 0.3 is 5.97 Å². The fraction of sp³-hybridized carbons (Fsp3) is 0.385. The molecule has 5 heteroatoms. The third-order valence-corrected chi connectivity index (χ3v) is 2.91. The molecule has 96 valence electrons. The Bertz CT molecular complexity index is 454. The van der Waals surface area contributed by atoms with E-state index in [1.54, 1.807) is 4.90 Å². The summed E-state index contributed by atoms with van der Waals surface area (Å²) in [4.78, 5) is 24.3. The summed E-state index contributed by atoms with van der Waals surface area (Å²) in [5, 5.41) is 8.67. The Morgan fingerprint density at radius 1 is 1.28 bits per heavy atom. The number of hydrogen-bond donors (Lipinski definition) is 1. The Labute approximate surface area is 104 Å². The summed E-state index contributed by atoms with van der Waals surface area (Å²) in [5.41, 5.74) is 0.397. The van der Waals surface area contributed by atoms with Gasteiger partial charge < -0.3 is 10.0 Å². The van der Waals surface area contributed by atoms with E-state index in [0.29, 0.717) is 5.56 Å². The molecule has 2 rings (SSSR count). The van der Waals surface area contributed by atoms with Crippen LogP contribution in [0.15, 0.2) is 24.3 Å². The van der Waals surface area contributed by atoms with E-state index in [0.717, 1.165) is 12.8 Å². The second kappa shape index (κ2) is 5.16. The van der Waals surface area contributed by atoms with Crippen molar-refractivity contribution in [3.05, 3.63) is 35.6 Å². The van der Waals surface area contributed by atoms with Crippen molar-refractivity contribution in [2.24, 2.45) is 0 Å². The summed E-state index contributed by atoms with van der Waals surface area (Å²) < 4.78 is 12.8. The van der Waals surface area contributed by atoms with E-state index in [2.05, 4.69) is 0 Å². The Balaban J connectivity index is 2.07. The molecule has 0 aliphatic heterocycles. The standard InChI is InChI=1S/C13H14FNO3/c14-10-3-1-9(2-4-10)13(18)15(11-5-6-11)8-7-12(16)17/h1-4,11H,5-8H2,(H,16,17). The van der Waals surface area contributed by atoms with Crippen molar-refractivity contribution < 1.29 is 19.1 Å². The SMILES string of the molecule is O=C(O)CCN(C(=O)c1ccc(F)cc1)C1CC1. The van der Waals surface area contributed by atoms with Gasteiger partial charge in [0.2, 0.25) is 0 Å². The third kappa shape index (κ3) is 3.06. The van der Waals surface area contributed by atoms with Gasteiger partial charge in [0.05, 0.1) is 6.42 Å². The number of carbonyl (C=O) groups excluding carboxylic acids is 1. The van der Waals surface area contributed by atoms with Crippen molar-refractivity contribution in [2.75, 3.05) is 6.54 Å². The van der Waals surface area contributed by atoms with Crippen molar-refractivity contribution in [1.82, 2.24) is 4.90 Å². The van der Waals surface area contributed by atoms with E-state index in [4.69, 9.17) is 5.11 Å². The molecule has 4 nitrogen and oxygen atoms in total. The molecule has 1 amide bonds. The van der Waals surface area contributed by atoms with Crippen LogP contribution in [0, 0.1) is 5.82 Å². The minimum Gasteiger partial charge on any atom is -0.481 e. The number of carboxylic acid groups (broad SMARTS) is 1. The Morgan fingerprint density at radius 3 is 2.39 bits per heavy atom. The number of benzene rings is 1. The molecule has 0 heterocycles. The Morgan fingerprint density at radius 2 is 1.89 bits per heavy atom. The van der Waals surface area contributed by atoms with Gasteiger partial charge in [0.25, 0.3) is 5.91 Å². The van der Waals surface area contributed by atoms with Crippen LogP contribution in [0.2, 0.25) is 0 Å². The van der Waals surface area contributed by atoms with Crippen molar-refractivity contribution in [1.29, 1.82) is 0 Å². The fourth-order valence-corrected chi connectivity index (χ4v) is 1.81. The van der Waals surface area contributed by atoms with Crippen LogP contribution in [-0.2, 0) is 4.79 Å². The van der Waals surface area contributed by atoms with Gasteiger partial charge in [0, 0.05) is 18.2 Å². The lowest BCUT2D eigenvalue weighted by atomic mass is 10.2. The summed E-state index contributed by atoms with van der Waals surface area (Å²) in [6, 6.07) is 5.45. The molecular weight excluding hydrogens is 237 g/mol. The van der Waals surface area contributed by atoms with Crippen molar-refractivity contribution in [3.8, 4) is 0 Å². The van der Waals surface area contributed by atoms with Crippen LogP contribution >= 0.6 is 0 Å². The fourth-order valence-electron chi connectivity index (χ4n) is 1.81. The molecule has 0 saturated heterocycles. The lowest BCUT2D eigenvalue weighted by Crippen LogP contribution is -2.35. The van der Waals surface area contributed by atoms with Gasteiger partial charge in [0.1, 0.15) is 5.82 Å². The second-order valence-corrected chi connectivity index (χ2v) is 4.38. The number of nitrogens with zero attached hydrogens (tertiary/aromatic N) is 1. The van der Waals surface area contributed by atoms with Gasteiger partial charge in [0.15, 0.2) is 0 Å². The van der Waals surface area contributed by atoms with Crippen molar-refractivity contribution >= 4 is 11.9 Å². The monoisotopic (exact) mass is 251 g/mol. The average molecular weight is 251 g/mol. The molecule has 0 unspecified atom stereocenters. The zero-order valence-corrected chi connectivity index (χ0v) is 9.80. The molecule has 1 N–H and O–H groups in total. The summed E-state index contributed by atoms with van der Waals surface area (Å²) in [6.07, 6.45) is 1.75. The predicted octanol–water partition coefficient (Wildman–Crippen LogP) is 1.91. The van der Waals surface area contributed by atoms with Crippen molar-refractivity contribution in [3.63, 3.8) is 0 Å². The first-order valence-electron chi connectivity index (χ1n) is 5.86. The maximum Gasteiger partial charge on any atom is 0.305 e. The predicted molar refractivity (Wildman–Crippen MR) is 62.7 cm³/mol. The number of carbonyl (C=O) groups is 2. The van der Waals surface area contributed by atoms with E-state index in [9.17, 15) is 14.0 Å². The molecule has 0 bridgehead atoms. The molecule has 0 spiro atoms. The van der Waals surface area contributed by atoms with Crippen LogP contribution in [0.5, 0.6) is 0 Å². The van der Waals surface area contributed by atoms with Crippen LogP contribution in [0.25, 0.3) is 0 Å². The van der Waals surface area contributed by atoms with Crippen LogP contribution in [0.3, 0.4) is 0 Å². The van der Waals surface area contributed by atoms with Gasteiger partial charge in [-0.2, -0.15) is 0 Å². The molecular formula is C13H14FNO3. The number of aliphatic carboxylic acids is 1. The van der Waals surface area contributed by atoms with Crippen LogP contribution < -0.4 is 0 Å². The van der Waals surface area contributed by atoms with Gasteiger partial charge in [-0.1, -0.05) is 0 Å². The summed E-state index contributed by atoms with van der Waals surface area (Å²) >= 11 is 0. The highest BCUT2D eigenvalue weighted by Gasteiger charge is 2.33. The first kappa shape index (κ1) is 12.5. The first-order valence-corrected chi connectivity index (χ1v) is 5.86. The molecule has 0 radical (unpaired) electrons. The number of hydrogen-bond acceptors (Lipinski definition) is 2. The minimum atomic E-state index is -0.924. The minimum absolute atomic E-state index is 0.0660. The second-order valence-electron chi connectivity index (χ2n) is 4.38. The third-order valence-electron chi connectivity index (χ3n) is 2.91. The Kier molecular flexibility index (Phi) is 3.60. The zero-order chi connectivity index (χ0) is 13.1. The van der Waals surface area contributed by atoms with Gasteiger partial charge in [-0.3, -0.25) is 9.59 Å². The smallest absolute Gasteiger partial charge is 0.305 e. The van der Waals surface area contributed by atoms with E-state index < -0.39 is 11.8 Å². The van der Waals surface area contributed by atoms with Crippen LogP contribution in [0.1, 0.15) is 29.6 Å². The molecule has 1 aliphatic rings. The first-order chi connectivity index (χ1) is 8.58. The molecule has 1 aromatic rings. The van der Waals surface area contributed by atoms with E-state index in [1.807, 2.05) is 0 Å². The molecule has 1 aromatic carbocycles. The molecule has 1 aliphatic carbocycles. The van der Waals surface area contributed by atoms with Gasteiger partial charge in [-0.05, 0) is 37.1 Å².